The summed E-state index contributed by atoms with van der Waals surface area (Å²) in [7, 11) is 0. The summed E-state index contributed by atoms with van der Waals surface area (Å²) in [6.07, 6.45) is 9.29. The van der Waals surface area contributed by atoms with Crippen molar-refractivity contribution in [3.8, 4) is 17.2 Å². The van der Waals surface area contributed by atoms with Crippen molar-refractivity contribution in [2.24, 2.45) is 22.9 Å². The van der Waals surface area contributed by atoms with Crippen LogP contribution in [0, 0.1) is 17.8 Å². The molecule has 4 aromatic carbocycles. The smallest absolute Gasteiger partial charge is 0.410 e. The van der Waals surface area contributed by atoms with Gasteiger partial charge >= 0.3 is 6.09 Å². The third kappa shape index (κ3) is 10.0. The highest BCUT2D eigenvalue weighted by Crippen LogP contribution is 2.62. The monoisotopic (exact) mass is 844 g/mol. The van der Waals surface area contributed by atoms with Gasteiger partial charge in [0.2, 0.25) is 5.79 Å². The number of nitrogens with zero attached hydrogens (tertiary/aromatic N) is 2. The number of amides is 1. The number of oxime groups is 1. The van der Waals surface area contributed by atoms with Crippen molar-refractivity contribution in [1.29, 1.82) is 0 Å². The van der Waals surface area contributed by atoms with Crippen molar-refractivity contribution in [2.75, 3.05) is 26.4 Å². The van der Waals surface area contributed by atoms with Crippen molar-refractivity contribution in [1.82, 2.24) is 4.90 Å². The van der Waals surface area contributed by atoms with Crippen molar-refractivity contribution < 1.29 is 38.8 Å². The van der Waals surface area contributed by atoms with Crippen LogP contribution < -0.4 is 9.47 Å². The fourth-order valence-corrected chi connectivity index (χ4v) is 9.69. The lowest BCUT2D eigenvalue weighted by Gasteiger charge is -2.60. The van der Waals surface area contributed by atoms with Gasteiger partial charge in [-0.05, 0) is 117 Å². The third-order valence-corrected chi connectivity index (χ3v) is 12.3. The summed E-state index contributed by atoms with van der Waals surface area (Å²) >= 11 is 0. The van der Waals surface area contributed by atoms with Gasteiger partial charge in [-0.15, -0.1) is 6.58 Å². The van der Waals surface area contributed by atoms with Crippen molar-refractivity contribution in [2.45, 2.75) is 109 Å². The number of aliphatic hydroxyl groups excluding tert-OH is 2. The van der Waals surface area contributed by atoms with E-state index in [4.69, 9.17) is 28.9 Å². The van der Waals surface area contributed by atoms with Crippen LogP contribution in [0.2, 0.25) is 0 Å². The van der Waals surface area contributed by atoms with Crippen LogP contribution in [0.3, 0.4) is 0 Å². The van der Waals surface area contributed by atoms with Gasteiger partial charge in [0.1, 0.15) is 35.5 Å². The molecule has 10 heteroatoms. The van der Waals surface area contributed by atoms with Crippen LogP contribution >= 0.6 is 0 Å². The van der Waals surface area contributed by atoms with E-state index in [1.54, 1.807) is 11.0 Å². The molecule has 6 unspecified atom stereocenters. The lowest BCUT2D eigenvalue weighted by atomic mass is 9.55. The average molecular weight is 845 g/mol. The molecule has 0 spiro atoms. The van der Waals surface area contributed by atoms with Gasteiger partial charge in [0.25, 0.3) is 0 Å². The minimum absolute atomic E-state index is 0.0764. The molecule has 62 heavy (non-hydrogen) atoms. The maximum atomic E-state index is 14.6. The number of aliphatic hydroxyl groups is 2. The van der Waals surface area contributed by atoms with E-state index in [1.165, 1.54) is 0 Å². The maximum absolute atomic E-state index is 14.6. The Morgan fingerprint density at radius 1 is 0.919 bits per heavy atom. The standard InChI is InChI=1S/C52H64N2O8/c1-6-27-54(50(57)58-35-36-17-9-8-10-18-36)47-34-45(53-62-51(3,4)5)43-32-39(21-13-15-28-55)42(22-14-16-29-56)48-44-33-41(60-40-24-23-37-19-11-12-20-38(37)31-40)25-26-46(44)61-52(47,49(43)48)59-30-7-2/h7-12,17-20,23-26,31-33,39,42,47-49,55-56H,2,6,13-16,21-22,27-30,34-35H2,1,3-5H3. The molecule has 0 radical (unpaired) electrons. The molecule has 6 atom stereocenters. The first-order valence-corrected chi connectivity index (χ1v) is 22.5. The zero-order valence-corrected chi connectivity index (χ0v) is 36.8. The number of fused-ring (bicyclic) bond motifs is 3. The molecule has 1 aliphatic heterocycles. The summed E-state index contributed by atoms with van der Waals surface area (Å²) in [5.74, 6) is 0.231. The SMILES string of the molecule is C=CCOC12Oc3ccc(Oc4ccc5ccccc5c4)cc3C3C(CCCCO)C(CCCCO)C=C(C(=NOC(C)(C)C)CC1N(CCC)C(=O)OCc1ccccc1)C32. The zero-order valence-electron chi connectivity index (χ0n) is 36.8. The Labute approximate surface area is 367 Å². The molecule has 7 rings (SSSR count). The molecule has 0 aromatic heterocycles. The summed E-state index contributed by atoms with van der Waals surface area (Å²) in [5, 5.41) is 27.1. The second-order valence-corrected chi connectivity index (χ2v) is 17.8. The second kappa shape index (κ2) is 20.4. The van der Waals surface area contributed by atoms with Crippen LogP contribution in [-0.2, 0) is 20.9 Å². The first kappa shape index (κ1) is 44.9. The van der Waals surface area contributed by atoms with Gasteiger partial charge in [-0.25, -0.2) is 4.79 Å². The topological polar surface area (TPSA) is 119 Å². The van der Waals surface area contributed by atoms with Gasteiger partial charge in [-0.2, -0.15) is 0 Å². The highest BCUT2D eigenvalue weighted by molar-refractivity contribution is 6.03. The molecular formula is C52H64N2O8. The molecule has 1 heterocycles. The molecule has 2 aliphatic carbocycles. The van der Waals surface area contributed by atoms with Gasteiger partial charge in [-0.3, -0.25) is 4.90 Å². The molecule has 0 saturated heterocycles. The molecule has 2 N–H and O–H groups in total. The predicted molar refractivity (Wildman–Crippen MR) is 243 cm³/mol. The fraction of sp³-hybridized carbons (Fsp3) is 0.462. The summed E-state index contributed by atoms with van der Waals surface area (Å²) in [5.41, 5.74) is 3.02. The van der Waals surface area contributed by atoms with Gasteiger partial charge < -0.3 is 34.0 Å². The second-order valence-electron chi connectivity index (χ2n) is 17.8. The number of ether oxygens (including phenoxy) is 4. The Hall–Kier alpha value is -5.16. The summed E-state index contributed by atoms with van der Waals surface area (Å²) in [4.78, 5) is 22.6. The molecule has 330 valence electrons. The lowest BCUT2D eigenvalue weighted by Crippen LogP contribution is -2.70. The van der Waals surface area contributed by atoms with Gasteiger partial charge in [0.05, 0.1) is 18.2 Å². The molecule has 0 bridgehead atoms. The van der Waals surface area contributed by atoms with E-state index in [2.05, 4.69) is 43.0 Å². The molecule has 10 nitrogen and oxygen atoms in total. The third-order valence-electron chi connectivity index (χ3n) is 12.3. The number of hydrogen-bond donors (Lipinski definition) is 2. The van der Waals surface area contributed by atoms with E-state index in [0.29, 0.717) is 43.7 Å². The molecule has 1 saturated carbocycles. The first-order valence-electron chi connectivity index (χ1n) is 22.5. The van der Waals surface area contributed by atoms with E-state index in [1.807, 2.05) is 88.4 Å². The summed E-state index contributed by atoms with van der Waals surface area (Å²) < 4.78 is 27.3. The number of allylic oxidation sites excluding steroid dienone is 1. The minimum Gasteiger partial charge on any atom is -0.459 e. The number of carbonyl (C=O) groups excluding carboxylic acids is 1. The normalized spacial score (nSPS) is 23.4. The van der Waals surface area contributed by atoms with E-state index < -0.39 is 29.4 Å². The van der Waals surface area contributed by atoms with Crippen molar-refractivity contribution >= 4 is 22.6 Å². The minimum atomic E-state index is -1.38. The van der Waals surface area contributed by atoms with Crippen LogP contribution in [0.4, 0.5) is 4.79 Å². The Bertz CT molecular complexity index is 2200. The molecule has 3 aliphatic rings. The maximum Gasteiger partial charge on any atom is 0.410 e. The average Bonchev–Trinajstić information content (AvgIpc) is 3.27. The van der Waals surface area contributed by atoms with E-state index in [9.17, 15) is 15.0 Å². The number of rotatable bonds is 19. The van der Waals surface area contributed by atoms with Crippen LogP contribution in [0.1, 0.15) is 96.1 Å². The van der Waals surface area contributed by atoms with E-state index >= 15 is 0 Å². The quantitative estimate of drug-likeness (QED) is 0.0544. The highest BCUT2D eigenvalue weighted by Gasteiger charge is 2.65. The predicted octanol–water partition coefficient (Wildman–Crippen LogP) is 11.1. The fourth-order valence-electron chi connectivity index (χ4n) is 9.69. The first-order chi connectivity index (χ1) is 30.1. The molecular weight excluding hydrogens is 781 g/mol. The number of unbranched alkanes of at least 4 members (excludes halogenated alkanes) is 2. The highest BCUT2D eigenvalue weighted by atomic mass is 16.7. The Morgan fingerprint density at radius 3 is 2.35 bits per heavy atom. The molecule has 1 amide bonds. The molecule has 4 aromatic rings. The van der Waals surface area contributed by atoms with Crippen LogP contribution in [0.5, 0.6) is 17.2 Å². The molecule has 1 fully saturated rings. The van der Waals surface area contributed by atoms with E-state index in [0.717, 1.165) is 64.6 Å². The van der Waals surface area contributed by atoms with Crippen LogP contribution in [0.15, 0.2) is 120 Å². The summed E-state index contributed by atoms with van der Waals surface area (Å²) in [6.45, 7) is 12.9. The van der Waals surface area contributed by atoms with Crippen LogP contribution in [0.25, 0.3) is 10.8 Å². The largest absolute Gasteiger partial charge is 0.459 e. The van der Waals surface area contributed by atoms with E-state index in [-0.39, 0.29) is 44.2 Å². The van der Waals surface area contributed by atoms with Crippen molar-refractivity contribution in [3.05, 3.63) is 126 Å². The zero-order chi connectivity index (χ0) is 43.7. The Morgan fingerprint density at radius 2 is 1.63 bits per heavy atom. The van der Waals surface area contributed by atoms with Gasteiger partial charge in [0, 0.05) is 37.7 Å². The van der Waals surface area contributed by atoms with Gasteiger partial charge in [-0.1, -0.05) is 97.7 Å². The Kier molecular flexibility index (Phi) is 14.7. The van der Waals surface area contributed by atoms with Crippen LogP contribution in [-0.4, -0.2) is 70.7 Å². The lowest BCUT2D eigenvalue weighted by molar-refractivity contribution is -0.255. The Balaban J connectivity index is 1.41. The summed E-state index contributed by atoms with van der Waals surface area (Å²) in [6, 6.07) is 29.4. The number of carbonyl (C=O) groups is 1. The number of benzene rings is 4. The van der Waals surface area contributed by atoms with Gasteiger partial charge in [0.15, 0.2) is 0 Å². The van der Waals surface area contributed by atoms with Crippen molar-refractivity contribution in [3.63, 3.8) is 0 Å². The number of hydrogen-bond acceptors (Lipinski definition) is 9.